The molecule has 0 unspecified atom stereocenters. The molecule has 0 saturated heterocycles. The third kappa shape index (κ3) is 1.69. The van der Waals surface area contributed by atoms with Crippen LogP contribution in [0.5, 0.6) is 0 Å². The number of aldehydes is 1. The molecule has 0 spiro atoms. The first-order valence-corrected chi connectivity index (χ1v) is 3.31. The van der Waals surface area contributed by atoms with E-state index in [1.807, 2.05) is 31.2 Å². The minimum atomic E-state index is 0.788. The van der Waals surface area contributed by atoms with Crippen molar-refractivity contribution < 1.29 is 4.79 Å². The molecular weight excluding hydrogens is 124 g/mol. The maximum absolute atomic E-state index is 10.3. The number of carbonyl (C=O) groups is 1. The Kier molecular flexibility index (Phi) is 2.21. The highest BCUT2D eigenvalue weighted by Gasteiger charge is 1.96. The van der Waals surface area contributed by atoms with Gasteiger partial charge in [0.05, 0.1) is 0 Å². The molecule has 0 amide bonds. The SMILES string of the molecule is CC1=CC=CC=C(C=O)C1. The number of rotatable bonds is 1. The van der Waals surface area contributed by atoms with Crippen LogP contribution in [0.2, 0.25) is 0 Å². The van der Waals surface area contributed by atoms with E-state index in [1.165, 1.54) is 5.57 Å². The highest BCUT2D eigenvalue weighted by Crippen LogP contribution is 2.11. The number of allylic oxidation sites excluding steroid dienone is 6. The first-order valence-electron chi connectivity index (χ1n) is 3.31. The lowest BCUT2D eigenvalue weighted by molar-refractivity contribution is -0.105. The van der Waals surface area contributed by atoms with E-state index in [2.05, 4.69) is 0 Å². The van der Waals surface area contributed by atoms with Crippen LogP contribution in [-0.4, -0.2) is 6.29 Å². The van der Waals surface area contributed by atoms with Gasteiger partial charge in [0.2, 0.25) is 0 Å². The van der Waals surface area contributed by atoms with E-state index in [4.69, 9.17) is 0 Å². The highest BCUT2D eigenvalue weighted by molar-refractivity contribution is 5.74. The van der Waals surface area contributed by atoms with E-state index in [0.717, 1.165) is 18.3 Å². The van der Waals surface area contributed by atoms with Crippen molar-refractivity contribution in [1.82, 2.24) is 0 Å². The second kappa shape index (κ2) is 3.16. The molecule has 1 aliphatic carbocycles. The van der Waals surface area contributed by atoms with Crippen LogP contribution in [0.15, 0.2) is 35.5 Å². The van der Waals surface area contributed by atoms with Crippen molar-refractivity contribution in [3.8, 4) is 0 Å². The van der Waals surface area contributed by atoms with E-state index in [-0.39, 0.29) is 0 Å². The minimum absolute atomic E-state index is 0.788. The number of hydrogen-bond donors (Lipinski definition) is 0. The zero-order valence-electron chi connectivity index (χ0n) is 6.00. The smallest absolute Gasteiger partial charge is 0.146 e. The Balaban J connectivity index is 2.81. The van der Waals surface area contributed by atoms with E-state index in [1.54, 1.807) is 0 Å². The van der Waals surface area contributed by atoms with Gasteiger partial charge in [-0.15, -0.1) is 0 Å². The van der Waals surface area contributed by atoms with Crippen LogP contribution in [0.1, 0.15) is 13.3 Å². The van der Waals surface area contributed by atoms with Crippen LogP contribution in [-0.2, 0) is 4.79 Å². The van der Waals surface area contributed by atoms with Gasteiger partial charge in [0.25, 0.3) is 0 Å². The van der Waals surface area contributed by atoms with E-state index < -0.39 is 0 Å². The average Bonchev–Trinajstić information content (AvgIpc) is 2.13. The fraction of sp³-hybridized carbons (Fsp3) is 0.222. The monoisotopic (exact) mass is 134 g/mol. The Labute approximate surface area is 60.7 Å². The summed E-state index contributed by atoms with van der Waals surface area (Å²) in [7, 11) is 0. The minimum Gasteiger partial charge on any atom is -0.298 e. The van der Waals surface area contributed by atoms with Gasteiger partial charge in [0.1, 0.15) is 6.29 Å². The first-order chi connectivity index (χ1) is 4.83. The second-order valence-electron chi connectivity index (χ2n) is 2.43. The molecule has 1 nitrogen and oxygen atoms in total. The number of hydrogen-bond acceptors (Lipinski definition) is 1. The summed E-state index contributed by atoms with van der Waals surface area (Å²) >= 11 is 0. The van der Waals surface area contributed by atoms with Crippen molar-refractivity contribution in [3.05, 3.63) is 35.5 Å². The third-order valence-corrected chi connectivity index (χ3v) is 1.44. The Morgan fingerprint density at radius 3 is 2.80 bits per heavy atom. The Bertz CT molecular complexity index is 219. The van der Waals surface area contributed by atoms with Gasteiger partial charge in [-0.25, -0.2) is 0 Å². The Morgan fingerprint density at radius 1 is 1.40 bits per heavy atom. The summed E-state index contributed by atoms with van der Waals surface area (Å²) in [5.74, 6) is 0. The summed E-state index contributed by atoms with van der Waals surface area (Å²) in [6.45, 7) is 2.02. The van der Waals surface area contributed by atoms with Gasteiger partial charge in [-0.05, 0) is 18.9 Å². The van der Waals surface area contributed by atoms with Crippen molar-refractivity contribution in [2.75, 3.05) is 0 Å². The molecule has 0 N–H and O–H groups in total. The lowest BCUT2D eigenvalue weighted by Crippen LogP contribution is -1.83. The van der Waals surface area contributed by atoms with Gasteiger partial charge in [-0.2, -0.15) is 0 Å². The zero-order valence-corrected chi connectivity index (χ0v) is 6.00. The topological polar surface area (TPSA) is 17.1 Å². The van der Waals surface area contributed by atoms with Crippen molar-refractivity contribution in [1.29, 1.82) is 0 Å². The predicted octanol–water partition coefficient (Wildman–Crippen LogP) is 2.02. The van der Waals surface area contributed by atoms with E-state index >= 15 is 0 Å². The third-order valence-electron chi connectivity index (χ3n) is 1.44. The van der Waals surface area contributed by atoms with Crippen LogP contribution in [0.25, 0.3) is 0 Å². The summed E-state index contributed by atoms with van der Waals surface area (Å²) in [6, 6.07) is 0. The number of carbonyl (C=O) groups excluding carboxylic acids is 1. The Hall–Kier alpha value is -1.11. The van der Waals surface area contributed by atoms with Crippen LogP contribution in [0.4, 0.5) is 0 Å². The van der Waals surface area contributed by atoms with Gasteiger partial charge in [0.15, 0.2) is 0 Å². The van der Waals surface area contributed by atoms with Crippen molar-refractivity contribution in [2.24, 2.45) is 0 Å². The predicted molar refractivity (Wildman–Crippen MR) is 41.7 cm³/mol. The fourth-order valence-electron chi connectivity index (χ4n) is 0.920. The molecule has 0 radical (unpaired) electrons. The largest absolute Gasteiger partial charge is 0.298 e. The van der Waals surface area contributed by atoms with Crippen LogP contribution in [0, 0.1) is 0 Å². The normalized spacial score (nSPS) is 17.3. The quantitative estimate of drug-likeness (QED) is 0.501. The molecule has 0 aromatic carbocycles. The molecular formula is C9H10O. The molecule has 1 rings (SSSR count). The second-order valence-corrected chi connectivity index (χ2v) is 2.43. The fourth-order valence-corrected chi connectivity index (χ4v) is 0.920. The molecule has 0 aromatic heterocycles. The summed E-state index contributed by atoms with van der Waals surface area (Å²) in [6.07, 6.45) is 9.41. The van der Waals surface area contributed by atoms with Gasteiger partial charge in [-0.3, -0.25) is 4.79 Å². The maximum atomic E-state index is 10.3. The molecule has 0 fully saturated rings. The van der Waals surface area contributed by atoms with Gasteiger partial charge in [-0.1, -0.05) is 29.9 Å². The standard InChI is InChI=1S/C9H10O/c1-8-4-2-3-5-9(6-8)7-10/h2-5,7H,6H2,1H3. The van der Waals surface area contributed by atoms with Gasteiger partial charge < -0.3 is 0 Å². The lowest BCUT2D eigenvalue weighted by atomic mass is 10.1. The zero-order chi connectivity index (χ0) is 7.40. The molecule has 0 bridgehead atoms. The van der Waals surface area contributed by atoms with Crippen LogP contribution in [0.3, 0.4) is 0 Å². The lowest BCUT2D eigenvalue weighted by Gasteiger charge is -1.94. The van der Waals surface area contributed by atoms with Gasteiger partial charge in [0, 0.05) is 0 Å². The molecule has 10 heavy (non-hydrogen) atoms. The average molecular weight is 134 g/mol. The summed E-state index contributed by atoms with van der Waals surface area (Å²) in [5, 5.41) is 0. The Morgan fingerprint density at radius 2 is 2.10 bits per heavy atom. The van der Waals surface area contributed by atoms with E-state index in [0.29, 0.717) is 0 Å². The summed E-state index contributed by atoms with van der Waals surface area (Å²) in [5.41, 5.74) is 2.08. The first kappa shape index (κ1) is 7.00. The summed E-state index contributed by atoms with van der Waals surface area (Å²) in [4.78, 5) is 10.3. The molecule has 0 aliphatic heterocycles. The van der Waals surface area contributed by atoms with Crippen molar-refractivity contribution >= 4 is 6.29 Å². The van der Waals surface area contributed by atoms with Crippen LogP contribution < -0.4 is 0 Å². The maximum Gasteiger partial charge on any atom is 0.146 e. The molecule has 1 aliphatic rings. The molecule has 1 heteroatoms. The van der Waals surface area contributed by atoms with Gasteiger partial charge >= 0.3 is 0 Å². The highest BCUT2D eigenvalue weighted by atomic mass is 16.1. The molecule has 0 saturated carbocycles. The molecule has 0 heterocycles. The van der Waals surface area contributed by atoms with Crippen LogP contribution >= 0.6 is 0 Å². The van der Waals surface area contributed by atoms with Crippen molar-refractivity contribution in [3.63, 3.8) is 0 Å². The molecule has 0 atom stereocenters. The van der Waals surface area contributed by atoms with Crippen molar-refractivity contribution in [2.45, 2.75) is 13.3 Å². The van der Waals surface area contributed by atoms with E-state index in [9.17, 15) is 4.79 Å². The molecule has 52 valence electrons. The summed E-state index contributed by atoms with van der Waals surface area (Å²) < 4.78 is 0. The molecule has 0 aromatic rings.